The molecule has 0 aromatic heterocycles. The van der Waals surface area contributed by atoms with Crippen molar-refractivity contribution in [1.29, 1.82) is 0 Å². The summed E-state index contributed by atoms with van der Waals surface area (Å²) in [5.74, 6) is 1.83. The molecule has 0 saturated heterocycles. The third kappa shape index (κ3) is 4.30. The number of hydrogen-bond acceptors (Lipinski definition) is 4. The monoisotopic (exact) mass is 380 g/mol. The van der Waals surface area contributed by atoms with Gasteiger partial charge < -0.3 is 14.8 Å². The molecule has 2 aliphatic heterocycles. The van der Waals surface area contributed by atoms with Crippen molar-refractivity contribution in [2.24, 2.45) is 5.92 Å². The van der Waals surface area contributed by atoms with Gasteiger partial charge in [0.05, 0.1) is 5.92 Å². The van der Waals surface area contributed by atoms with Crippen molar-refractivity contribution < 1.29 is 14.3 Å². The maximum Gasteiger partial charge on any atom is 0.226 e. The van der Waals surface area contributed by atoms with Gasteiger partial charge in [-0.1, -0.05) is 35.9 Å². The first-order chi connectivity index (χ1) is 13.6. The highest BCUT2D eigenvalue weighted by Crippen LogP contribution is 2.27. The Balaban J connectivity index is 1.30. The standard InChI is InChI=1S/C23H28N2O3/c1-16-7-8-22-19(11-16)14-25(13-17(2)28-22)10-9-24-23(26)20-12-18-5-3-4-6-21(18)27-15-20/h3-8,11,17,20H,9-10,12-15H2,1-2H3,(H,24,26)/t17-,20+/m0/s1. The molecule has 0 fully saturated rings. The second-order valence-corrected chi connectivity index (χ2v) is 7.89. The lowest BCUT2D eigenvalue weighted by molar-refractivity contribution is -0.126. The number of hydrogen-bond donors (Lipinski definition) is 1. The van der Waals surface area contributed by atoms with Crippen LogP contribution in [0.2, 0.25) is 0 Å². The summed E-state index contributed by atoms with van der Waals surface area (Å²) in [4.78, 5) is 14.9. The van der Waals surface area contributed by atoms with Crippen LogP contribution in [0.1, 0.15) is 23.6 Å². The summed E-state index contributed by atoms with van der Waals surface area (Å²) in [6, 6.07) is 14.3. The Morgan fingerprint density at radius 2 is 2.04 bits per heavy atom. The van der Waals surface area contributed by atoms with Crippen LogP contribution < -0.4 is 14.8 Å². The van der Waals surface area contributed by atoms with E-state index in [1.165, 1.54) is 11.1 Å². The molecule has 2 aromatic carbocycles. The number of rotatable bonds is 4. The number of ether oxygens (including phenoxy) is 2. The fraction of sp³-hybridized carbons (Fsp3) is 0.435. The first-order valence-electron chi connectivity index (χ1n) is 10.1. The minimum Gasteiger partial charge on any atom is -0.492 e. The van der Waals surface area contributed by atoms with Crippen molar-refractivity contribution in [3.8, 4) is 11.5 Å². The van der Waals surface area contributed by atoms with Gasteiger partial charge in [-0.05, 0) is 38.0 Å². The van der Waals surface area contributed by atoms with E-state index in [1.54, 1.807) is 0 Å². The maximum atomic E-state index is 12.6. The molecule has 1 amide bonds. The average molecular weight is 380 g/mol. The number of fused-ring (bicyclic) bond motifs is 2. The van der Waals surface area contributed by atoms with Crippen LogP contribution in [0.25, 0.3) is 0 Å². The summed E-state index contributed by atoms with van der Waals surface area (Å²) in [6.07, 6.45) is 0.867. The molecule has 5 nitrogen and oxygen atoms in total. The predicted molar refractivity (Wildman–Crippen MR) is 109 cm³/mol. The molecule has 0 radical (unpaired) electrons. The molecule has 5 heteroatoms. The molecule has 0 saturated carbocycles. The normalized spacial score (nSPS) is 21.5. The Kier molecular flexibility index (Phi) is 5.53. The van der Waals surface area contributed by atoms with Gasteiger partial charge >= 0.3 is 0 Å². The number of nitrogens with one attached hydrogen (secondary N) is 1. The number of aryl methyl sites for hydroxylation is 1. The minimum absolute atomic E-state index is 0.0740. The summed E-state index contributed by atoms with van der Waals surface area (Å²) in [5, 5.41) is 3.10. The van der Waals surface area contributed by atoms with Crippen molar-refractivity contribution in [3.05, 3.63) is 59.2 Å². The Hall–Kier alpha value is -2.53. The lowest BCUT2D eigenvalue weighted by Crippen LogP contribution is -2.42. The van der Waals surface area contributed by atoms with E-state index in [-0.39, 0.29) is 17.9 Å². The van der Waals surface area contributed by atoms with Crippen molar-refractivity contribution in [1.82, 2.24) is 10.2 Å². The van der Waals surface area contributed by atoms with Crippen LogP contribution in [-0.2, 0) is 17.8 Å². The van der Waals surface area contributed by atoms with Gasteiger partial charge in [0.25, 0.3) is 0 Å². The zero-order valence-corrected chi connectivity index (χ0v) is 16.6. The highest BCUT2D eigenvalue weighted by atomic mass is 16.5. The lowest BCUT2D eigenvalue weighted by atomic mass is 9.96. The van der Waals surface area contributed by atoms with Crippen molar-refractivity contribution in [3.63, 3.8) is 0 Å². The minimum atomic E-state index is -0.121. The van der Waals surface area contributed by atoms with Gasteiger partial charge in [0.2, 0.25) is 5.91 Å². The molecule has 0 spiro atoms. The molecule has 28 heavy (non-hydrogen) atoms. The van der Waals surface area contributed by atoms with E-state index in [0.717, 1.165) is 43.1 Å². The number of carbonyl (C=O) groups is 1. The topological polar surface area (TPSA) is 50.8 Å². The maximum absolute atomic E-state index is 12.6. The molecule has 2 aromatic rings. The third-order valence-corrected chi connectivity index (χ3v) is 5.43. The summed E-state index contributed by atoms with van der Waals surface area (Å²) < 4.78 is 11.8. The molecular weight excluding hydrogens is 352 g/mol. The first kappa shape index (κ1) is 18.8. The smallest absolute Gasteiger partial charge is 0.226 e. The van der Waals surface area contributed by atoms with E-state index >= 15 is 0 Å². The molecule has 0 bridgehead atoms. The fourth-order valence-corrected chi connectivity index (χ4v) is 4.02. The molecule has 148 valence electrons. The molecule has 1 N–H and O–H groups in total. The van der Waals surface area contributed by atoms with Crippen molar-refractivity contribution in [2.75, 3.05) is 26.2 Å². The second kappa shape index (κ2) is 8.23. The number of carbonyl (C=O) groups excluding carboxylic acids is 1. The molecule has 4 rings (SSSR count). The Labute approximate surface area is 166 Å². The number of benzene rings is 2. The van der Waals surface area contributed by atoms with E-state index in [4.69, 9.17) is 9.47 Å². The van der Waals surface area contributed by atoms with Crippen LogP contribution in [0.4, 0.5) is 0 Å². The van der Waals surface area contributed by atoms with Gasteiger partial charge in [-0.25, -0.2) is 0 Å². The highest BCUT2D eigenvalue weighted by molar-refractivity contribution is 5.79. The molecule has 2 aliphatic rings. The molecule has 2 atom stereocenters. The molecular formula is C23H28N2O3. The van der Waals surface area contributed by atoms with Gasteiger partial charge in [0, 0.05) is 31.7 Å². The van der Waals surface area contributed by atoms with Gasteiger partial charge in [0.15, 0.2) is 0 Å². The van der Waals surface area contributed by atoms with Crippen LogP contribution in [0, 0.1) is 12.8 Å². The quantitative estimate of drug-likeness (QED) is 0.886. The predicted octanol–water partition coefficient (Wildman–Crippen LogP) is 2.95. The van der Waals surface area contributed by atoms with Crippen molar-refractivity contribution in [2.45, 2.75) is 32.9 Å². The van der Waals surface area contributed by atoms with Crippen LogP contribution in [-0.4, -0.2) is 43.2 Å². The SMILES string of the molecule is Cc1ccc2c(c1)CN(CCNC(=O)[C@H]1COc3ccccc3C1)C[C@H](C)O2. The van der Waals surface area contributed by atoms with E-state index in [9.17, 15) is 4.79 Å². The van der Waals surface area contributed by atoms with Gasteiger partial charge in [0.1, 0.15) is 24.2 Å². The Bertz CT molecular complexity index is 851. The molecule has 0 aliphatic carbocycles. The number of para-hydroxylation sites is 1. The second-order valence-electron chi connectivity index (χ2n) is 7.89. The van der Waals surface area contributed by atoms with Gasteiger partial charge in [-0.15, -0.1) is 0 Å². The summed E-state index contributed by atoms with van der Waals surface area (Å²) in [7, 11) is 0. The first-order valence-corrected chi connectivity index (χ1v) is 10.1. The van der Waals surface area contributed by atoms with Crippen molar-refractivity contribution >= 4 is 5.91 Å². The number of amides is 1. The largest absolute Gasteiger partial charge is 0.492 e. The van der Waals surface area contributed by atoms with E-state index in [2.05, 4.69) is 42.3 Å². The highest BCUT2D eigenvalue weighted by Gasteiger charge is 2.26. The van der Waals surface area contributed by atoms with Crippen LogP contribution in [0.3, 0.4) is 0 Å². The van der Waals surface area contributed by atoms with Gasteiger partial charge in [-0.3, -0.25) is 9.69 Å². The zero-order valence-electron chi connectivity index (χ0n) is 16.6. The van der Waals surface area contributed by atoms with Gasteiger partial charge in [-0.2, -0.15) is 0 Å². The molecule has 0 unspecified atom stereocenters. The van der Waals surface area contributed by atoms with E-state index in [0.29, 0.717) is 13.2 Å². The van der Waals surface area contributed by atoms with Crippen LogP contribution >= 0.6 is 0 Å². The van der Waals surface area contributed by atoms with E-state index < -0.39 is 0 Å². The lowest BCUT2D eigenvalue weighted by Gasteiger charge is -2.25. The fourth-order valence-electron chi connectivity index (χ4n) is 4.02. The molecule has 2 heterocycles. The number of nitrogens with zero attached hydrogens (tertiary/aromatic N) is 1. The zero-order chi connectivity index (χ0) is 19.5. The summed E-state index contributed by atoms with van der Waals surface area (Å²) >= 11 is 0. The Morgan fingerprint density at radius 1 is 1.18 bits per heavy atom. The Morgan fingerprint density at radius 3 is 2.93 bits per heavy atom. The summed E-state index contributed by atoms with van der Waals surface area (Å²) in [5.41, 5.74) is 3.56. The summed E-state index contributed by atoms with van der Waals surface area (Å²) in [6.45, 7) is 7.77. The average Bonchev–Trinajstić information content (AvgIpc) is 2.84. The third-order valence-electron chi connectivity index (χ3n) is 5.43. The van der Waals surface area contributed by atoms with Crippen LogP contribution in [0.5, 0.6) is 11.5 Å². The van der Waals surface area contributed by atoms with Crippen LogP contribution in [0.15, 0.2) is 42.5 Å². The van der Waals surface area contributed by atoms with E-state index in [1.807, 2.05) is 24.3 Å².